The summed E-state index contributed by atoms with van der Waals surface area (Å²) in [5.41, 5.74) is 1.31. The first-order chi connectivity index (χ1) is 13.8. The monoisotopic (exact) mass is 430 g/mol. The molecule has 0 spiro atoms. The second kappa shape index (κ2) is 8.97. The van der Waals surface area contributed by atoms with E-state index >= 15 is 0 Å². The molecule has 150 valence electrons. The van der Waals surface area contributed by atoms with E-state index in [4.69, 9.17) is 21.1 Å². The van der Waals surface area contributed by atoms with Crippen LogP contribution in [0, 0.1) is 6.92 Å². The van der Waals surface area contributed by atoms with Crippen molar-refractivity contribution >= 4 is 38.8 Å². The summed E-state index contributed by atoms with van der Waals surface area (Å²) in [6.45, 7) is 1.51. The largest absolute Gasteiger partial charge is 0.484 e. The Labute approximate surface area is 174 Å². The van der Waals surface area contributed by atoms with Crippen LogP contribution in [0.3, 0.4) is 0 Å². The van der Waals surface area contributed by atoms with Gasteiger partial charge in [-0.05, 0) is 42.8 Å². The van der Waals surface area contributed by atoms with Crippen LogP contribution in [0.1, 0.15) is 12.0 Å². The molecule has 0 aliphatic heterocycles. The first-order valence-electron chi connectivity index (χ1n) is 8.62. The minimum absolute atomic E-state index is 0.0318. The third kappa shape index (κ3) is 5.72. The molecule has 1 aromatic carbocycles. The van der Waals surface area contributed by atoms with Crippen molar-refractivity contribution in [2.75, 3.05) is 11.9 Å². The van der Waals surface area contributed by atoms with Crippen LogP contribution in [0.15, 0.2) is 65.9 Å². The highest BCUT2D eigenvalue weighted by atomic mass is 32.2. The maximum Gasteiger partial charge on any atom is 0.340 e. The van der Waals surface area contributed by atoms with Gasteiger partial charge in [-0.25, -0.2) is 0 Å². The molecule has 29 heavy (non-hydrogen) atoms. The van der Waals surface area contributed by atoms with Crippen molar-refractivity contribution < 1.29 is 22.1 Å². The standard InChI is InChI=1S/C20H18N2O5S2/c1-14-10-16(26-13-20(23)22-15-6-8-21-9-7-15)12-17(11-14)27-29(24,25)19-5-3-2-4-18(19)28/h2-3,5-12H,4,13H2,1H3,(H,21,22,23). The zero-order valence-electron chi connectivity index (χ0n) is 15.5. The SMILES string of the molecule is Cc1cc(OCC(=O)Nc2ccncc2)cc(OS(=O)(=O)C2=CC=CCC2=S)c1. The molecule has 1 aromatic heterocycles. The molecule has 1 heterocycles. The van der Waals surface area contributed by atoms with E-state index in [1.807, 2.05) is 0 Å². The molecular formula is C20H18N2O5S2. The molecule has 1 aliphatic carbocycles. The molecule has 0 atom stereocenters. The van der Waals surface area contributed by atoms with Gasteiger partial charge in [0.1, 0.15) is 16.4 Å². The third-order valence-corrected chi connectivity index (χ3v) is 5.64. The molecule has 0 unspecified atom stereocenters. The Balaban J connectivity index is 1.68. The third-order valence-electron chi connectivity index (χ3n) is 3.80. The fourth-order valence-electron chi connectivity index (χ4n) is 2.55. The highest BCUT2D eigenvalue weighted by molar-refractivity contribution is 7.94. The molecular weight excluding hydrogens is 412 g/mol. The van der Waals surface area contributed by atoms with Crippen LogP contribution in [0.2, 0.25) is 0 Å². The summed E-state index contributed by atoms with van der Waals surface area (Å²) < 4.78 is 35.8. The molecule has 0 radical (unpaired) electrons. The van der Waals surface area contributed by atoms with Crippen LogP contribution < -0.4 is 14.2 Å². The number of ether oxygens (including phenoxy) is 1. The number of carbonyl (C=O) groups is 1. The second-order valence-corrected chi connectivity index (χ2v) is 8.19. The van der Waals surface area contributed by atoms with Crippen molar-refractivity contribution in [3.63, 3.8) is 0 Å². The van der Waals surface area contributed by atoms with Crippen LogP contribution in [-0.4, -0.2) is 30.8 Å². The number of aryl methyl sites for hydroxylation is 1. The van der Waals surface area contributed by atoms with E-state index in [0.29, 0.717) is 28.3 Å². The lowest BCUT2D eigenvalue weighted by atomic mass is 10.2. The summed E-state index contributed by atoms with van der Waals surface area (Å²) in [5.74, 6) is 0.0188. The number of nitrogens with zero attached hydrogens (tertiary/aromatic N) is 1. The Morgan fingerprint density at radius 1 is 1.21 bits per heavy atom. The predicted molar refractivity (Wildman–Crippen MR) is 114 cm³/mol. The van der Waals surface area contributed by atoms with Crippen LogP contribution in [0.25, 0.3) is 0 Å². The topological polar surface area (TPSA) is 94.6 Å². The lowest BCUT2D eigenvalue weighted by Crippen LogP contribution is -2.20. The van der Waals surface area contributed by atoms with Crippen molar-refractivity contribution in [1.29, 1.82) is 0 Å². The number of thiocarbonyl (C=S) groups is 1. The van der Waals surface area contributed by atoms with Gasteiger partial charge in [0.25, 0.3) is 5.91 Å². The second-order valence-electron chi connectivity index (χ2n) is 6.18. The summed E-state index contributed by atoms with van der Waals surface area (Å²) >= 11 is 5.12. The maximum atomic E-state index is 12.5. The first-order valence-corrected chi connectivity index (χ1v) is 10.4. The summed E-state index contributed by atoms with van der Waals surface area (Å²) in [6.07, 6.45) is 8.31. The van der Waals surface area contributed by atoms with Gasteiger partial charge in [-0.3, -0.25) is 9.78 Å². The normalized spacial score (nSPS) is 13.6. The van der Waals surface area contributed by atoms with Gasteiger partial charge in [-0.15, -0.1) is 0 Å². The molecule has 7 nitrogen and oxygen atoms in total. The molecule has 1 aliphatic rings. The number of aromatic nitrogens is 1. The molecule has 3 rings (SSSR count). The number of hydrogen-bond donors (Lipinski definition) is 1. The van der Waals surface area contributed by atoms with Crippen molar-refractivity contribution in [2.45, 2.75) is 13.3 Å². The highest BCUT2D eigenvalue weighted by Gasteiger charge is 2.24. The zero-order valence-corrected chi connectivity index (χ0v) is 17.1. The highest BCUT2D eigenvalue weighted by Crippen LogP contribution is 2.27. The van der Waals surface area contributed by atoms with E-state index in [0.717, 1.165) is 0 Å². The molecule has 9 heteroatoms. The van der Waals surface area contributed by atoms with Gasteiger partial charge in [-0.1, -0.05) is 24.4 Å². The Morgan fingerprint density at radius 2 is 1.93 bits per heavy atom. The first kappa shape index (κ1) is 20.7. The maximum absolute atomic E-state index is 12.5. The Morgan fingerprint density at radius 3 is 2.66 bits per heavy atom. The fourth-order valence-corrected chi connectivity index (χ4v) is 4.06. The summed E-state index contributed by atoms with van der Waals surface area (Å²) in [5, 5.41) is 2.67. The number of rotatable bonds is 7. The summed E-state index contributed by atoms with van der Waals surface area (Å²) in [7, 11) is -4.06. The molecule has 0 saturated heterocycles. The number of pyridine rings is 1. The zero-order chi connectivity index (χ0) is 20.9. The van der Waals surface area contributed by atoms with Crippen molar-refractivity contribution in [3.8, 4) is 11.5 Å². The van der Waals surface area contributed by atoms with Crippen molar-refractivity contribution in [3.05, 3.63) is 71.4 Å². The van der Waals surface area contributed by atoms with Crippen LogP contribution >= 0.6 is 12.2 Å². The van der Waals surface area contributed by atoms with Crippen LogP contribution in [0.4, 0.5) is 5.69 Å². The van der Waals surface area contributed by atoms with E-state index in [9.17, 15) is 13.2 Å². The average Bonchev–Trinajstić information content (AvgIpc) is 2.66. The molecule has 1 N–H and O–H groups in total. The van der Waals surface area contributed by atoms with Gasteiger partial charge >= 0.3 is 10.1 Å². The molecule has 0 saturated carbocycles. The number of anilines is 1. The van der Waals surface area contributed by atoms with Crippen LogP contribution in [-0.2, 0) is 14.9 Å². The van der Waals surface area contributed by atoms with E-state index in [1.54, 1.807) is 55.7 Å². The lowest BCUT2D eigenvalue weighted by molar-refractivity contribution is -0.118. The predicted octanol–water partition coefficient (Wildman–Crippen LogP) is 3.33. The van der Waals surface area contributed by atoms with Gasteiger partial charge < -0.3 is 14.2 Å². The number of allylic oxidation sites excluding steroid dienone is 4. The van der Waals surface area contributed by atoms with E-state index in [-0.39, 0.29) is 23.2 Å². The quantitative estimate of drug-likeness (QED) is 0.532. The van der Waals surface area contributed by atoms with Crippen LogP contribution in [0.5, 0.6) is 11.5 Å². The van der Waals surface area contributed by atoms with Gasteiger partial charge in [0.05, 0.1) is 0 Å². The van der Waals surface area contributed by atoms with Crippen molar-refractivity contribution in [1.82, 2.24) is 4.98 Å². The Bertz CT molecular complexity index is 1090. The Hall–Kier alpha value is -3.04. The van der Waals surface area contributed by atoms with Gasteiger partial charge in [0.2, 0.25) is 0 Å². The van der Waals surface area contributed by atoms with Gasteiger partial charge in [-0.2, -0.15) is 8.42 Å². The van der Waals surface area contributed by atoms with Gasteiger partial charge in [0, 0.05) is 35.4 Å². The number of nitrogens with one attached hydrogen (secondary N) is 1. The number of amides is 1. The van der Waals surface area contributed by atoms with E-state index in [2.05, 4.69) is 10.3 Å². The number of benzene rings is 1. The van der Waals surface area contributed by atoms with E-state index in [1.165, 1.54) is 12.1 Å². The molecule has 0 bridgehead atoms. The molecule has 1 amide bonds. The average molecular weight is 431 g/mol. The number of carbonyl (C=O) groups excluding carboxylic acids is 1. The smallest absolute Gasteiger partial charge is 0.340 e. The molecule has 0 fully saturated rings. The lowest BCUT2D eigenvalue weighted by Gasteiger charge is -2.14. The minimum atomic E-state index is -4.06. The summed E-state index contributed by atoms with van der Waals surface area (Å²) in [6, 6.07) is 7.95. The Kier molecular flexibility index (Phi) is 6.40. The summed E-state index contributed by atoms with van der Waals surface area (Å²) in [4.78, 5) is 16.2. The van der Waals surface area contributed by atoms with Crippen molar-refractivity contribution in [2.24, 2.45) is 0 Å². The number of hydrogen-bond acceptors (Lipinski definition) is 7. The van der Waals surface area contributed by atoms with Gasteiger partial charge in [0.15, 0.2) is 6.61 Å². The van der Waals surface area contributed by atoms with E-state index < -0.39 is 10.1 Å². The molecule has 2 aromatic rings. The minimum Gasteiger partial charge on any atom is -0.484 e. The fraction of sp³-hybridized carbons (Fsp3) is 0.150.